The van der Waals surface area contributed by atoms with Crippen molar-refractivity contribution in [3.05, 3.63) is 61.6 Å². The summed E-state index contributed by atoms with van der Waals surface area (Å²) in [4.78, 5) is 25.2. The second-order valence-electron chi connectivity index (χ2n) is 6.80. The van der Waals surface area contributed by atoms with E-state index in [2.05, 4.69) is 27.4 Å². The van der Waals surface area contributed by atoms with E-state index in [0.717, 1.165) is 38.4 Å². The Morgan fingerprint density at radius 2 is 1.42 bits per heavy atom. The van der Waals surface area contributed by atoms with Crippen molar-refractivity contribution in [3.8, 4) is 0 Å². The third-order valence-corrected chi connectivity index (χ3v) is 5.29. The number of nitro benzene ring substituents is 2. The number of nitro groups is 2. The van der Waals surface area contributed by atoms with Crippen molar-refractivity contribution in [2.45, 2.75) is 6.92 Å². The third kappa shape index (κ3) is 6.43. The molecule has 0 radical (unpaired) electrons. The van der Waals surface area contributed by atoms with E-state index >= 15 is 0 Å². The van der Waals surface area contributed by atoms with Gasteiger partial charge in [-0.3, -0.25) is 20.2 Å². The minimum Gasteiger partial charge on any atom is -0.383 e. The Balaban J connectivity index is 0.000000245. The number of halogens is 1. The van der Waals surface area contributed by atoms with Crippen LogP contribution in [0.4, 0.5) is 28.4 Å². The van der Waals surface area contributed by atoms with Crippen LogP contribution < -0.4 is 15.5 Å². The fourth-order valence-corrected chi connectivity index (χ4v) is 3.44. The average molecular weight is 451 g/mol. The van der Waals surface area contributed by atoms with Gasteiger partial charge in [-0.15, -0.1) is 0 Å². The van der Waals surface area contributed by atoms with Crippen LogP contribution in [0.3, 0.4) is 0 Å². The largest absolute Gasteiger partial charge is 0.383 e. The first-order chi connectivity index (χ1) is 14.8. The molecule has 11 heteroatoms. The van der Waals surface area contributed by atoms with Crippen LogP contribution in [-0.2, 0) is 0 Å². The van der Waals surface area contributed by atoms with Gasteiger partial charge in [0, 0.05) is 63.1 Å². The smallest absolute Gasteiger partial charge is 0.292 e. The van der Waals surface area contributed by atoms with Gasteiger partial charge < -0.3 is 20.4 Å². The molecular weight excluding hydrogens is 424 g/mol. The van der Waals surface area contributed by atoms with Crippen LogP contribution in [0.5, 0.6) is 0 Å². The zero-order valence-electron chi connectivity index (χ0n) is 17.8. The van der Waals surface area contributed by atoms with Crippen LogP contribution in [0.1, 0.15) is 6.92 Å². The molecule has 0 aliphatic carbocycles. The van der Waals surface area contributed by atoms with E-state index in [1.54, 1.807) is 20.2 Å². The van der Waals surface area contributed by atoms with Crippen LogP contribution in [0.25, 0.3) is 0 Å². The van der Waals surface area contributed by atoms with E-state index in [4.69, 9.17) is 11.6 Å². The van der Waals surface area contributed by atoms with Gasteiger partial charge in [0.1, 0.15) is 11.4 Å². The molecule has 1 aliphatic rings. The van der Waals surface area contributed by atoms with Gasteiger partial charge in [-0.05, 0) is 30.8 Å². The summed E-state index contributed by atoms with van der Waals surface area (Å²) >= 11 is 5.64. The number of nitrogens with one attached hydrogen (secondary N) is 2. The highest BCUT2D eigenvalue weighted by Crippen LogP contribution is 2.29. The molecule has 0 bridgehead atoms. The standard InChI is InChI=1S/C13H20N4O2.C7H7ClN2O2/c1-3-15-6-8-16(9-7-15)11-4-5-13(17(18)19)12(10-11)14-2;1-9-6-4-5(8)2-3-7(6)10(11)12/h4-5,10,14H,3,6-9H2,1-2H3;2-4,9H,1H3. The molecule has 2 N–H and O–H groups in total. The molecule has 31 heavy (non-hydrogen) atoms. The highest BCUT2D eigenvalue weighted by atomic mass is 35.5. The van der Waals surface area contributed by atoms with Gasteiger partial charge >= 0.3 is 0 Å². The zero-order chi connectivity index (χ0) is 23.0. The lowest BCUT2D eigenvalue weighted by Gasteiger charge is -2.35. The molecule has 0 saturated carbocycles. The van der Waals surface area contributed by atoms with Crippen molar-refractivity contribution in [1.82, 2.24) is 4.90 Å². The Morgan fingerprint density at radius 3 is 1.90 bits per heavy atom. The van der Waals surface area contributed by atoms with Crippen LogP contribution in [0.15, 0.2) is 36.4 Å². The number of benzene rings is 2. The lowest BCUT2D eigenvalue weighted by molar-refractivity contribution is -0.384. The van der Waals surface area contributed by atoms with Gasteiger partial charge in [0.25, 0.3) is 11.4 Å². The van der Waals surface area contributed by atoms with Crippen molar-refractivity contribution < 1.29 is 9.85 Å². The Bertz CT molecular complexity index is 919. The monoisotopic (exact) mass is 450 g/mol. The molecule has 1 aliphatic heterocycles. The molecule has 0 atom stereocenters. The van der Waals surface area contributed by atoms with Gasteiger partial charge in [0.15, 0.2) is 0 Å². The molecule has 1 fully saturated rings. The van der Waals surface area contributed by atoms with Crippen molar-refractivity contribution in [2.24, 2.45) is 0 Å². The minimum atomic E-state index is -0.456. The number of nitrogens with zero attached hydrogens (tertiary/aromatic N) is 4. The van der Waals surface area contributed by atoms with Crippen LogP contribution in [0, 0.1) is 20.2 Å². The highest BCUT2D eigenvalue weighted by molar-refractivity contribution is 6.31. The maximum atomic E-state index is 10.9. The molecule has 0 aromatic heterocycles. The second kappa shape index (κ2) is 11.3. The van der Waals surface area contributed by atoms with Gasteiger partial charge in [0.05, 0.1) is 9.85 Å². The van der Waals surface area contributed by atoms with Gasteiger partial charge in [-0.2, -0.15) is 0 Å². The molecule has 0 amide bonds. The third-order valence-electron chi connectivity index (χ3n) is 5.06. The van der Waals surface area contributed by atoms with Gasteiger partial charge in [-0.1, -0.05) is 18.5 Å². The lowest BCUT2D eigenvalue weighted by Crippen LogP contribution is -2.46. The number of piperazine rings is 1. The summed E-state index contributed by atoms with van der Waals surface area (Å²) in [6.07, 6.45) is 0. The normalized spacial score (nSPS) is 13.7. The average Bonchev–Trinajstić information content (AvgIpc) is 2.78. The topological polar surface area (TPSA) is 117 Å². The van der Waals surface area contributed by atoms with Crippen LogP contribution in [-0.4, -0.2) is 61.6 Å². The van der Waals surface area contributed by atoms with Gasteiger partial charge in [0.2, 0.25) is 0 Å². The summed E-state index contributed by atoms with van der Waals surface area (Å²) in [6, 6.07) is 9.64. The lowest BCUT2D eigenvalue weighted by atomic mass is 10.2. The summed E-state index contributed by atoms with van der Waals surface area (Å²) < 4.78 is 0. The van der Waals surface area contributed by atoms with Crippen molar-refractivity contribution in [3.63, 3.8) is 0 Å². The van der Waals surface area contributed by atoms with E-state index in [1.165, 1.54) is 18.2 Å². The van der Waals surface area contributed by atoms with Crippen molar-refractivity contribution in [1.29, 1.82) is 0 Å². The molecule has 1 heterocycles. The molecule has 2 aromatic rings. The Kier molecular flexibility index (Phi) is 8.83. The summed E-state index contributed by atoms with van der Waals surface area (Å²) in [5.41, 5.74) is 2.19. The fraction of sp³-hybridized carbons (Fsp3) is 0.400. The van der Waals surface area contributed by atoms with Crippen molar-refractivity contribution in [2.75, 3.05) is 62.4 Å². The van der Waals surface area contributed by atoms with Crippen LogP contribution >= 0.6 is 11.6 Å². The SMILES string of the molecule is CCN1CCN(c2ccc([N+](=O)[O-])c(NC)c2)CC1.CNc1cc(Cl)ccc1[N+](=O)[O-]. The predicted molar refractivity (Wildman–Crippen MR) is 125 cm³/mol. The molecule has 0 unspecified atom stereocenters. The number of likely N-dealkylation sites (N-methyl/N-ethyl adjacent to an activating group) is 1. The molecule has 0 spiro atoms. The fourth-order valence-electron chi connectivity index (χ4n) is 3.27. The highest BCUT2D eigenvalue weighted by Gasteiger charge is 2.19. The maximum Gasteiger partial charge on any atom is 0.292 e. The maximum absolute atomic E-state index is 10.9. The van der Waals surface area contributed by atoms with Crippen molar-refractivity contribution >= 4 is 40.0 Å². The van der Waals surface area contributed by atoms with E-state index < -0.39 is 4.92 Å². The quantitative estimate of drug-likeness (QED) is 0.499. The summed E-state index contributed by atoms with van der Waals surface area (Å²) in [5, 5.41) is 27.4. The van der Waals surface area contributed by atoms with E-state index in [1.807, 2.05) is 12.1 Å². The molecule has 168 valence electrons. The Hall–Kier alpha value is -3.11. The first-order valence-corrected chi connectivity index (χ1v) is 10.2. The second-order valence-corrected chi connectivity index (χ2v) is 7.23. The minimum absolute atomic E-state index is 0.0295. The molecule has 3 rings (SSSR count). The Labute approximate surface area is 186 Å². The molecular formula is C20H27ClN6O4. The number of hydrogen-bond acceptors (Lipinski definition) is 8. The molecule has 10 nitrogen and oxygen atoms in total. The van der Waals surface area contributed by atoms with E-state index in [0.29, 0.717) is 16.4 Å². The summed E-state index contributed by atoms with van der Waals surface area (Å²) in [5.74, 6) is 0. The number of anilines is 3. The zero-order valence-corrected chi connectivity index (χ0v) is 18.6. The Morgan fingerprint density at radius 1 is 0.903 bits per heavy atom. The summed E-state index contributed by atoms with van der Waals surface area (Å²) in [7, 11) is 3.32. The predicted octanol–water partition coefficient (Wildman–Crippen LogP) is 4.07. The molecule has 2 aromatic carbocycles. The van der Waals surface area contributed by atoms with E-state index in [9.17, 15) is 20.2 Å². The first-order valence-electron chi connectivity index (χ1n) is 9.85. The van der Waals surface area contributed by atoms with Gasteiger partial charge in [-0.25, -0.2) is 0 Å². The molecule has 1 saturated heterocycles. The van der Waals surface area contributed by atoms with E-state index in [-0.39, 0.29) is 16.3 Å². The number of hydrogen-bond donors (Lipinski definition) is 2. The van der Waals surface area contributed by atoms with Crippen LogP contribution in [0.2, 0.25) is 5.02 Å². The summed E-state index contributed by atoms with van der Waals surface area (Å²) in [6.45, 7) is 7.27. The number of rotatable bonds is 6. The first kappa shape index (κ1) is 24.2.